The largest absolute Gasteiger partial charge is 0.493 e. The molecule has 0 atom stereocenters. The minimum absolute atomic E-state index is 0.0326. The summed E-state index contributed by atoms with van der Waals surface area (Å²) >= 11 is 5.85. The molecule has 1 aromatic heterocycles. The molecule has 1 amide bonds. The van der Waals surface area contributed by atoms with Gasteiger partial charge in [-0.1, -0.05) is 22.8 Å². The molecule has 0 aliphatic heterocycles. The number of carbonyl (C=O) groups excluding carboxylic acids is 1. The zero-order valence-electron chi connectivity index (χ0n) is 13.9. The van der Waals surface area contributed by atoms with Crippen LogP contribution in [-0.2, 0) is 0 Å². The molecule has 0 bridgehead atoms. The Kier molecular flexibility index (Phi) is 5.23. The molecule has 8 nitrogen and oxygen atoms in total. The number of halogens is 1. The summed E-state index contributed by atoms with van der Waals surface area (Å²) in [5.74, 6) is 0.675. The number of para-hydroxylation sites is 1. The highest BCUT2D eigenvalue weighted by Crippen LogP contribution is 2.30. The average Bonchev–Trinajstić information content (AvgIpc) is 3.14. The molecule has 0 aliphatic rings. The van der Waals surface area contributed by atoms with Gasteiger partial charge in [0.15, 0.2) is 11.5 Å². The topological polar surface area (TPSA) is 98.5 Å². The van der Waals surface area contributed by atoms with Crippen molar-refractivity contribution in [2.24, 2.45) is 0 Å². The van der Waals surface area contributed by atoms with Gasteiger partial charge in [-0.2, -0.15) is 4.98 Å². The molecule has 2 aromatic carbocycles. The number of carbonyl (C=O) groups is 1. The van der Waals surface area contributed by atoms with Crippen LogP contribution in [0.25, 0.3) is 11.4 Å². The number of aromatic nitrogens is 2. The first-order chi connectivity index (χ1) is 12.6. The molecule has 0 radical (unpaired) electrons. The van der Waals surface area contributed by atoms with E-state index in [1.807, 2.05) is 0 Å². The van der Waals surface area contributed by atoms with Crippen molar-refractivity contribution >= 4 is 23.5 Å². The number of hydrazine groups is 1. The average molecular weight is 375 g/mol. The molecule has 0 aliphatic carbocycles. The van der Waals surface area contributed by atoms with E-state index in [2.05, 4.69) is 21.0 Å². The molecule has 134 valence electrons. The van der Waals surface area contributed by atoms with E-state index < -0.39 is 5.91 Å². The second-order valence-electron chi connectivity index (χ2n) is 5.05. The van der Waals surface area contributed by atoms with Gasteiger partial charge < -0.3 is 14.0 Å². The van der Waals surface area contributed by atoms with E-state index >= 15 is 0 Å². The van der Waals surface area contributed by atoms with E-state index in [1.165, 1.54) is 14.2 Å². The molecular formula is C17H15ClN4O4. The number of nitrogens with zero attached hydrogens (tertiary/aromatic N) is 2. The van der Waals surface area contributed by atoms with Crippen LogP contribution >= 0.6 is 11.6 Å². The maximum absolute atomic E-state index is 12.4. The Morgan fingerprint density at radius 3 is 2.58 bits per heavy atom. The monoisotopic (exact) mass is 374 g/mol. The summed E-state index contributed by atoms with van der Waals surface area (Å²) in [6, 6.07) is 12.0. The normalized spacial score (nSPS) is 10.3. The van der Waals surface area contributed by atoms with Crippen molar-refractivity contribution in [1.82, 2.24) is 15.6 Å². The van der Waals surface area contributed by atoms with Crippen molar-refractivity contribution in [1.29, 1.82) is 0 Å². The number of nitrogens with one attached hydrogen (secondary N) is 2. The molecule has 26 heavy (non-hydrogen) atoms. The van der Waals surface area contributed by atoms with Crippen molar-refractivity contribution in [3.05, 3.63) is 53.1 Å². The number of ether oxygens (including phenoxy) is 2. The molecule has 0 unspecified atom stereocenters. The van der Waals surface area contributed by atoms with Gasteiger partial charge in [0.1, 0.15) is 0 Å². The zero-order chi connectivity index (χ0) is 18.5. The fourth-order valence-electron chi connectivity index (χ4n) is 2.23. The van der Waals surface area contributed by atoms with Crippen LogP contribution in [0, 0.1) is 0 Å². The van der Waals surface area contributed by atoms with E-state index in [-0.39, 0.29) is 11.6 Å². The SMILES string of the molecule is COc1cccc(C(=O)NNc2nc(-c3ccc(Cl)cc3)no2)c1OC. The van der Waals surface area contributed by atoms with Crippen LogP contribution in [0.2, 0.25) is 5.02 Å². The third-order valence-corrected chi connectivity index (χ3v) is 3.71. The number of benzene rings is 2. The van der Waals surface area contributed by atoms with Crippen LogP contribution in [0.4, 0.5) is 6.01 Å². The van der Waals surface area contributed by atoms with E-state index in [4.69, 9.17) is 25.6 Å². The quantitative estimate of drug-likeness (QED) is 0.639. The number of hydrogen-bond acceptors (Lipinski definition) is 7. The van der Waals surface area contributed by atoms with Crippen LogP contribution in [0.1, 0.15) is 10.4 Å². The van der Waals surface area contributed by atoms with Crippen LogP contribution in [0.15, 0.2) is 47.0 Å². The third-order valence-electron chi connectivity index (χ3n) is 3.46. The van der Waals surface area contributed by atoms with Gasteiger partial charge in [0.05, 0.1) is 19.8 Å². The van der Waals surface area contributed by atoms with Crippen molar-refractivity contribution < 1.29 is 18.8 Å². The molecule has 3 aromatic rings. The van der Waals surface area contributed by atoms with Gasteiger partial charge in [-0.05, 0) is 36.4 Å². The standard InChI is InChI=1S/C17H15ClN4O4/c1-24-13-5-3-4-12(14(13)25-2)16(23)20-21-17-19-15(22-26-17)10-6-8-11(18)9-7-10/h3-9H,1-2H3,(H,20,23)(H,19,21,22). The molecule has 2 N–H and O–H groups in total. The third kappa shape index (κ3) is 3.70. The van der Waals surface area contributed by atoms with E-state index in [9.17, 15) is 4.79 Å². The molecule has 3 rings (SSSR count). The van der Waals surface area contributed by atoms with E-state index in [0.717, 1.165) is 5.56 Å². The van der Waals surface area contributed by atoms with Gasteiger partial charge in [0.2, 0.25) is 5.82 Å². The first-order valence-electron chi connectivity index (χ1n) is 7.49. The Morgan fingerprint density at radius 1 is 1.12 bits per heavy atom. The zero-order valence-corrected chi connectivity index (χ0v) is 14.7. The van der Waals surface area contributed by atoms with Crippen molar-refractivity contribution in [2.45, 2.75) is 0 Å². The number of hydrogen-bond donors (Lipinski definition) is 2. The predicted octanol–water partition coefficient (Wildman–Crippen LogP) is 3.16. The van der Waals surface area contributed by atoms with Gasteiger partial charge in [-0.15, -0.1) is 0 Å². The van der Waals surface area contributed by atoms with E-state index in [0.29, 0.717) is 22.3 Å². The number of anilines is 1. The Morgan fingerprint density at radius 2 is 1.88 bits per heavy atom. The molecule has 0 spiro atoms. The lowest BCUT2D eigenvalue weighted by molar-refractivity contribution is 0.0957. The highest BCUT2D eigenvalue weighted by atomic mass is 35.5. The minimum Gasteiger partial charge on any atom is -0.493 e. The predicted molar refractivity (Wildman–Crippen MR) is 95.4 cm³/mol. The second kappa shape index (κ2) is 7.75. The summed E-state index contributed by atoms with van der Waals surface area (Å²) in [7, 11) is 2.95. The van der Waals surface area contributed by atoms with Crippen molar-refractivity contribution in [3.63, 3.8) is 0 Å². The summed E-state index contributed by atoms with van der Waals surface area (Å²) in [5.41, 5.74) is 6.06. The summed E-state index contributed by atoms with van der Waals surface area (Å²) in [6.45, 7) is 0. The second-order valence-corrected chi connectivity index (χ2v) is 5.49. The maximum atomic E-state index is 12.4. The molecule has 0 saturated carbocycles. The lowest BCUT2D eigenvalue weighted by atomic mass is 10.2. The van der Waals surface area contributed by atoms with Gasteiger partial charge >= 0.3 is 6.01 Å². The highest BCUT2D eigenvalue weighted by molar-refractivity contribution is 6.30. The molecule has 0 saturated heterocycles. The highest BCUT2D eigenvalue weighted by Gasteiger charge is 2.17. The van der Waals surface area contributed by atoms with Crippen LogP contribution in [0.5, 0.6) is 11.5 Å². The molecule has 1 heterocycles. The molecule has 9 heteroatoms. The first-order valence-corrected chi connectivity index (χ1v) is 7.87. The first kappa shape index (κ1) is 17.6. The van der Waals surface area contributed by atoms with Gasteiger partial charge in [-0.3, -0.25) is 10.2 Å². The summed E-state index contributed by atoms with van der Waals surface area (Å²) in [4.78, 5) is 16.5. The number of amides is 1. The van der Waals surface area contributed by atoms with Crippen molar-refractivity contribution in [2.75, 3.05) is 19.6 Å². The summed E-state index contributed by atoms with van der Waals surface area (Å²) in [6.07, 6.45) is 0. The Labute approximate surface area is 154 Å². The molecular weight excluding hydrogens is 360 g/mol. The van der Waals surface area contributed by atoms with Gasteiger partial charge in [0, 0.05) is 10.6 Å². The Bertz CT molecular complexity index is 911. The maximum Gasteiger partial charge on any atom is 0.340 e. The smallest absolute Gasteiger partial charge is 0.340 e. The van der Waals surface area contributed by atoms with Gasteiger partial charge in [-0.25, -0.2) is 5.43 Å². The van der Waals surface area contributed by atoms with Crippen LogP contribution < -0.4 is 20.3 Å². The lowest BCUT2D eigenvalue weighted by Gasteiger charge is -2.12. The number of methoxy groups -OCH3 is 2. The van der Waals surface area contributed by atoms with Gasteiger partial charge in [0.25, 0.3) is 5.91 Å². The Hall–Kier alpha value is -3.26. The fraction of sp³-hybridized carbons (Fsp3) is 0.118. The number of rotatable bonds is 6. The summed E-state index contributed by atoms with van der Waals surface area (Å²) in [5, 5.41) is 4.45. The summed E-state index contributed by atoms with van der Waals surface area (Å²) < 4.78 is 15.5. The minimum atomic E-state index is -0.452. The molecule has 0 fully saturated rings. The lowest BCUT2D eigenvalue weighted by Crippen LogP contribution is -2.29. The van der Waals surface area contributed by atoms with Crippen LogP contribution in [-0.4, -0.2) is 30.3 Å². The fourth-order valence-corrected chi connectivity index (χ4v) is 2.36. The van der Waals surface area contributed by atoms with Crippen LogP contribution in [0.3, 0.4) is 0 Å². The Balaban J connectivity index is 1.70. The van der Waals surface area contributed by atoms with Crippen molar-refractivity contribution in [3.8, 4) is 22.9 Å². The van der Waals surface area contributed by atoms with E-state index in [1.54, 1.807) is 42.5 Å².